The van der Waals surface area contributed by atoms with Gasteiger partial charge in [-0.1, -0.05) is 52.4 Å². The minimum atomic E-state index is -0.988. The molecular formula is C14H26O2. The molecule has 0 aromatic heterocycles. The zero-order valence-electron chi connectivity index (χ0n) is 10.8. The average Bonchev–Trinajstić information content (AvgIpc) is 2.44. The maximum atomic E-state index is 12.1. The Morgan fingerprint density at radius 1 is 1.25 bits per heavy atom. The first-order valence-electron chi connectivity index (χ1n) is 6.84. The fourth-order valence-electron chi connectivity index (χ4n) is 2.69. The molecule has 0 aromatic rings. The second kappa shape index (κ2) is 6.39. The van der Waals surface area contributed by atoms with Gasteiger partial charge in [0.25, 0.3) is 0 Å². The molecule has 1 saturated carbocycles. The van der Waals surface area contributed by atoms with Crippen LogP contribution in [0.15, 0.2) is 0 Å². The summed E-state index contributed by atoms with van der Waals surface area (Å²) in [6.07, 6.45) is 8.48. The summed E-state index contributed by atoms with van der Waals surface area (Å²) in [6.45, 7) is 4.25. The molecule has 1 unspecified atom stereocenters. The molecule has 0 aliphatic heterocycles. The van der Waals surface area contributed by atoms with Gasteiger partial charge < -0.3 is 5.11 Å². The Balaban J connectivity index is 2.49. The molecule has 1 aliphatic rings. The van der Waals surface area contributed by atoms with Crippen molar-refractivity contribution in [2.45, 2.75) is 77.2 Å². The highest BCUT2D eigenvalue weighted by atomic mass is 16.3. The van der Waals surface area contributed by atoms with Gasteiger partial charge in [-0.2, -0.15) is 0 Å². The van der Waals surface area contributed by atoms with E-state index in [0.717, 1.165) is 25.7 Å². The largest absolute Gasteiger partial charge is 0.382 e. The van der Waals surface area contributed by atoms with Crippen molar-refractivity contribution in [1.29, 1.82) is 0 Å². The van der Waals surface area contributed by atoms with E-state index < -0.39 is 5.60 Å². The van der Waals surface area contributed by atoms with Crippen LogP contribution < -0.4 is 0 Å². The standard InChI is InChI=1S/C14H26O2/c1-3-8-12(2)11-13(15)14(16)9-6-4-5-7-10-14/h12,16H,3-11H2,1-2H3. The van der Waals surface area contributed by atoms with Crippen molar-refractivity contribution in [2.75, 3.05) is 0 Å². The van der Waals surface area contributed by atoms with Crippen molar-refractivity contribution in [2.24, 2.45) is 5.92 Å². The van der Waals surface area contributed by atoms with Crippen LogP contribution in [0, 0.1) is 5.92 Å². The number of carbonyl (C=O) groups excluding carboxylic acids is 1. The number of hydrogen-bond acceptors (Lipinski definition) is 2. The van der Waals surface area contributed by atoms with Crippen LogP contribution in [0.5, 0.6) is 0 Å². The first-order valence-corrected chi connectivity index (χ1v) is 6.84. The second-order valence-electron chi connectivity index (χ2n) is 5.47. The molecule has 2 heteroatoms. The number of Topliss-reactive ketones (excluding diaryl/α,β-unsaturated/α-hetero) is 1. The van der Waals surface area contributed by atoms with E-state index >= 15 is 0 Å². The lowest BCUT2D eigenvalue weighted by atomic mass is 9.84. The molecule has 1 N–H and O–H groups in total. The number of ketones is 1. The molecule has 16 heavy (non-hydrogen) atoms. The van der Waals surface area contributed by atoms with Crippen LogP contribution in [0.3, 0.4) is 0 Å². The number of carbonyl (C=O) groups is 1. The van der Waals surface area contributed by atoms with Crippen LogP contribution in [-0.2, 0) is 4.79 Å². The lowest BCUT2D eigenvalue weighted by Gasteiger charge is -2.26. The molecule has 0 saturated heterocycles. The van der Waals surface area contributed by atoms with E-state index in [-0.39, 0.29) is 5.78 Å². The van der Waals surface area contributed by atoms with Gasteiger partial charge in [-0.25, -0.2) is 0 Å². The van der Waals surface area contributed by atoms with Gasteiger partial charge in [0.1, 0.15) is 5.60 Å². The average molecular weight is 226 g/mol. The molecule has 1 atom stereocenters. The highest BCUT2D eigenvalue weighted by Crippen LogP contribution is 2.30. The van der Waals surface area contributed by atoms with E-state index in [4.69, 9.17) is 0 Å². The predicted octanol–water partition coefficient (Wildman–Crippen LogP) is 3.47. The monoisotopic (exact) mass is 226 g/mol. The van der Waals surface area contributed by atoms with Crippen molar-refractivity contribution in [3.8, 4) is 0 Å². The highest BCUT2D eigenvalue weighted by molar-refractivity contribution is 5.87. The lowest BCUT2D eigenvalue weighted by Crippen LogP contribution is -2.38. The topological polar surface area (TPSA) is 37.3 Å². The van der Waals surface area contributed by atoms with Crippen molar-refractivity contribution in [3.05, 3.63) is 0 Å². The van der Waals surface area contributed by atoms with Crippen molar-refractivity contribution in [3.63, 3.8) is 0 Å². The summed E-state index contributed by atoms with van der Waals surface area (Å²) in [6, 6.07) is 0. The third-order valence-corrected chi connectivity index (χ3v) is 3.77. The summed E-state index contributed by atoms with van der Waals surface area (Å²) >= 11 is 0. The van der Waals surface area contributed by atoms with Crippen molar-refractivity contribution in [1.82, 2.24) is 0 Å². The molecule has 1 aliphatic carbocycles. The van der Waals surface area contributed by atoms with Crippen molar-refractivity contribution < 1.29 is 9.90 Å². The van der Waals surface area contributed by atoms with Gasteiger partial charge in [0.05, 0.1) is 0 Å². The van der Waals surface area contributed by atoms with Crippen LogP contribution in [0.1, 0.15) is 71.6 Å². The lowest BCUT2D eigenvalue weighted by molar-refractivity contribution is -0.139. The number of hydrogen-bond donors (Lipinski definition) is 1. The van der Waals surface area contributed by atoms with E-state index in [1.807, 2.05) is 0 Å². The summed E-state index contributed by atoms with van der Waals surface area (Å²) in [5, 5.41) is 10.4. The number of aliphatic hydroxyl groups is 1. The Morgan fingerprint density at radius 2 is 1.81 bits per heavy atom. The third kappa shape index (κ3) is 3.89. The third-order valence-electron chi connectivity index (χ3n) is 3.77. The molecule has 0 amide bonds. The van der Waals surface area contributed by atoms with Gasteiger partial charge in [-0.05, 0) is 18.8 Å². The van der Waals surface area contributed by atoms with Crippen LogP contribution in [0.25, 0.3) is 0 Å². The van der Waals surface area contributed by atoms with Gasteiger partial charge in [-0.15, -0.1) is 0 Å². The van der Waals surface area contributed by atoms with Crippen LogP contribution in [-0.4, -0.2) is 16.5 Å². The highest BCUT2D eigenvalue weighted by Gasteiger charge is 2.35. The molecule has 0 aromatic carbocycles. The van der Waals surface area contributed by atoms with E-state index in [1.54, 1.807) is 0 Å². The minimum Gasteiger partial charge on any atom is -0.382 e. The number of rotatable bonds is 5. The van der Waals surface area contributed by atoms with Gasteiger partial charge in [-0.3, -0.25) is 4.79 Å². The van der Waals surface area contributed by atoms with Crippen LogP contribution in [0.4, 0.5) is 0 Å². The van der Waals surface area contributed by atoms with E-state index in [1.165, 1.54) is 12.8 Å². The smallest absolute Gasteiger partial charge is 0.164 e. The maximum Gasteiger partial charge on any atom is 0.164 e. The summed E-state index contributed by atoms with van der Waals surface area (Å²) in [5.74, 6) is 0.514. The minimum absolute atomic E-state index is 0.0929. The van der Waals surface area contributed by atoms with Crippen LogP contribution >= 0.6 is 0 Å². The summed E-state index contributed by atoms with van der Waals surface area (Å²) in [7, 11) is 0. The SMILES string of the molecule is CCCC(C)CC(=O)C1(O)CCCCCC1. The fourth-order valence-corrected chi connectivity index (χ4v) is 2.69. The normalized spacial score (nSPS) is 22.4. The predicted molar refractivity (Wildman–Crippen MR) is 66.3 cm³/mol. The first kappa shape index (κ1) is 13.7. The molecule has 0 bridgehead atoms. The molecule has 1 fully saturated rings. The fraction of sp³-hybridized carbons (Fsp3) is 0.929. The first-order chi connectivity index (χ1) is 7.58. The Kier molecular flexibility index (Phi) is 5.47. The Hall–Kier alpha value is -0.370. The Labute approximate surface area is 99.4 Å². The summed E-state index contributed by atoms with van der Waals surface area (Å²) in [5.41, 5.74) is -0.988. The van der Waals surface area contributed by atoms with E-state index in [0.29, 0.717) is 25.2 Å². The quantitative estimate of drug-likeness (QED) is 0.729. The molecule has 2 nitrogen and oxygen atoms in total. The zero-order chi connectivity index (χ0) is 12.0. The van der Waals surface area contributed by atoms with Gasteiger partial charge in [0.15, 0.2) is 5.78 Å². The van der Waals surface area contributed by atoms with Gasteiger partial charge >= 0.3 is 0 Å². The Morgan fingerprint density at radius 3 is 2.31 bits per heavy atom. The summed E-state index contributed by atoms with van der Waals surface area (Å²) < 4.78 is 0. The van der Waals surface area contributed by atoms with Gasteiger partial charge in [0, 0.05) is 6.42 Å². The van der Waals surface area contributed by atoms with Crippen molar-refractivity contribution >= 4 is 5.78 Å². The van der Waals surface area contributed by atoms with E-state index in [9.17, 15) is 9.90 Å². The van der Waals surface area contributed by atoms with Gasteiger partial charge in [0.2, 0.25) is 0 Å². The molecule has 0 heterocycles. The molecule has 1 rings (SSSR count). The van der Waals surface area contributed by atoms with Crippen LogP contribution in [0.2, 0.25) is 0 Å². The molecule has 0 spiro atoms. The zero-order valence-corrected chi connectivity index (χ0v) is 10.8. The summed E-state index contributed by atoms with van der Waals surface area (Å²) in [4.78, 5) is 12.1. The Bertz CT molecular complexity index is 215. The maximum absolute atomic E-state index is 12.1. The molecule has 94 valence electrons. The van der Waals surface area contributed by atoms with E-state index in [2.05, 4.69) is 13.8 Å². The second-order valence-corrected chi connectivity index (χ2v) is 5.47. The molecular weight excluding hydrogens is 200 g/mol. The molecule has 0 radical (unpaired) electrons.